The monoisotopic (exact) mass is 501 g/mol. The molecule has 0 unspecified atom stereocenters. The first-order valence-corrected chi connectivity index (χ1v) is 13.6. The second-order valence-electron chi connectivity index (χ2n) is 7.57. The van der Waals surface area contributed by atoms with E-state index in [-0.39, 0.29) is 21.0 Å². The summed E-state index contributed by atoms with van der Waals surface area (Å²) in [5.41, 5.74) is 1.84. The summed E-state index contributed by atoms with van der Waals surface area (Å²) in [5, 5.41) is 2.70. The third-order valence-corrected chi connectivity index (χ3v) is 8.62. The molecule has 0 aliphatic rings. The van der Waals surface area contributed by atoms with Gasteiger partial charge in [0.05, 0.1) is 9.79 Å². The van der Waals surface area contributed by atoms with Crippen molar-refractivity contribution < 1.29 is 21.6 Å². The molecule has 1 amide bonds. The number of rotatable bonds is 9. The van der Waals surface area contributed by atoms with Crippen LogP contribution in [0.15, 0.2) is 82.6 Å². The minimum atomic E-state index is -3.80. The van der Waals surface area contributed by atoms with Crippen molar-refractivity contribution >= 4 is 37.3 Å². The fraction of sp³-hybridized carbons (Fsp3) is 0.208. The standard InChI is InChI=1S/C24H27N3O5S2/c1-4-27(5-2)34(31,32)23-15-11-20(12-16-23)25-24(28)19-7-6-8-21(17-19)26-33(29,30)22-13-9-18(3)10-14-22/h6-17,26H,4-5H2,1-3H3,(H,25,28). The quantitative estimate of drug-likeness (QED) is 0.459. The van der Waals surface area contributed by atoms with E-state index in [9.17, 15) is 21.6 Å². The Labute approximate surface area is 200 Å². The summed E-state index contributed by atoms with van der Waals surface area (Å²) in [5.74, 6) is -0.462. The molecule has 0 atom stereocenters. The molecule has 0 bridgehead atoms. The summed E-state index contributed by atoms with van der Waals surface area (Å²) in [6.07, 6.45) is 0. The van der Waals surface area contributed by atoms with Crippen LogP contribution < -0.4 is 10.0 Å². The van der Waals surface area contributed by atoms with Crippen LogP contribution >= 0.6 is 0 Å². The Hall–Kier alpha value is -3.21. The number of amides is 1. The van der Waals surface area contributed by atoms with Crippen molar-refractivity contribution in [2.24, 2.45) is 0 Å². The van der Waals surface area contributed by atoms with E-state index in [0.29, 0.717) is 18.8 Å². The van der Waals surface area contributed by atoms with Crippen LogP contribution in [0, 0.1) is 6.92 Å². The number of hydrogen-bond acceptors (Lipinski definition) is 5. The molecule has 2 N–H and O–H groups in total. The van der Waals surface area contributed by atoms with Gasteiger partial charge in [-0.05, 0) is 61.5 Å². The van der Waals surface area contributed by atoms with Gasteiger partial charge in [0.25, 0.3) is 15.9 Å². The molecule has 0 aliphatic carbocycles. The fourth-order valence-corrected chi connectivity index (χ4v) is 5.79. The van der Waals surface area contributed by atoms with Crippen molar-refractivity contribution in [3.8, 4) is 0 Å². The van der Waals surface area contributed by atoms with Crippen molar-refractivity contribution in [2.75, 3.05) is 23.1 Å². The van der Waals surface area contributed by atoms with Crippen molar-refractivity contribution in [3.63, 3.8) is 0 Å². The molecule has 0 heterocycles. The zero-order valence-corrected chi connectivity index (χ0v) is 20.8. The van der Waals surface area contributed by atoms with Crippen LogP contribution in [0.25, 0.3) is 0 Å². The van der Waals surface area contributed by atoms with Crippen LogP contribution in [0.1, 0.15) is 29.8 Å². The fourth-order valence-electron chi connectivity index (χ4n) is 3.28. The number of nitrogens with zero attached hydrogens (tertiary/aromatic N) is 1. The molecule has 0 aliphatic heterocycles. The minimum Gasteiger partial charge on any atom is -0.322 e. The van der Waals surface area contributed by atoms with E-state index in [1.807, 2.05) is 6.92 Å². The lowest BCUT2D eigenvalue weighted by atomic mass is 10.2. The molecule has 3 rings (SSSR count). The van der Waals surface area contributed by atoms with Gasteiger partial charge >= 0.3 is 0 Å². The summed E-state index contributed by atoms with van der Waals surface area (Å²) in [4.78, 5) is 13.0. The van der Waals surface area contributed by atoms with Crippen molar-refractivity contribution in [3.05, 3.63) is 83.9 Å². The first-order valence-electron chi connectivity index (χ1n) is 10.7. The van der Waals surface area contributed by atoms with Gasteiger partial charge in [-0.3, -0.25) is 9.52 Å². The zero-order valence-electron chi connectivity index (χ0n) is 19.1. The number of carbonyl (C=O) groups excluding carboxylic acids is 1. The van der Waals surface area contributed by atoms with Gasteiger partial charge in [-0.25, -0.2) is 16.8 Å². The smallest absolute Gasteiger partial charge is 0.261 e. The molecular weight excluding hydrogens is 474 g/mol. The lowest BCUT2D eigenvalue weighted by Crippen LogP contribution is -2.30. The molecule has 3 aromatic carbocycles. The summed E-state index contributed by atoms with van der Waals surface area (Å²) < 4.78 is 54.3. The summed E-state index contributed by atoms with van der Waals surface area (Å²) in [6, 6.07) is 18.4. The molecule has 0 radical (unpaired) electrons. The minimum absolute atomic E-state index is 0.118. The van der Waals surface area contributed by atoms with Gasteiger partial charge in [0.15, 0.2) is 0 Å². The molecular formula is C24H27N3O5S2. The maximum atomic E-state index is 12.7. The lowest BCUT2D eigenvalue weighted by molar-refractivity contribution is 0.102. The largest absolute Gasteiger partial charge is 0.322 e. The first-order chi connectivity index (χ1) is 16.1. The van der Waals surface area contributed by atoms with Crippen LogP contribution in [0.4, 0.5) is 11.4 Å². The third-order valence-electron chi connectivity index (χ3n) is 5.16. The van der Waals surface area contributed by atoms with Gasteiger partial charge in [-0.2, -0.15) is 4.31 Å². The van der Waals surface area contributed by atoms with E-state index in [0.717, 1.165) is 5.56 Å². The van der Waals surface area contributed by atoms with Gasteiger partial charge in [0, 0.05) is 30.0 Å². The number of benzene rings is 3. The Morgan fingerprint density at radius 2 is 1.38 bits per heavy atom. The second-order valence-corrected chi connectivity index (χ2v) is 11.2. The highest BCUT2D eigenvalue weighted by molar-refractivity contribution is 7.92. The van der Waals surface area contributed by atoms with Gasteiger partial charge in [-0.15, -0.1) is 0 Å². The number of carbonyl (C=O) groups is 1. The molecule has 0 saturated carbocycles. The van der Waals surface area contributed by atoms with Gasteiger partial charge in [0.2, 0.25) is 10.0 Å². The highest BCUT2D eigenvalue weighted by Gasteiger charge is 2.21. The number of anilines is 2. The molecule has 34 heavy (non-hydrogen) atoms. The number of hydrogen-bond donors (Lipinski definition) is 2. The van der Waals surface area contributed by atoms with Crippen LogP contribution in [0.3, 0.4) is 0 Å². The molecule has 10 heteroatoms. The third kappa shape index (κ3) is 5.82. The van der Waals surface area contributed by atoms with Gasteiger partial charge in [0.1, 0.15) is 0 Å². The predicted octanol–water partition coefficient (Wildman–Crippen LogP) is 4.08. The Bertz CT molecular complexity index is 1360. The Kier molecular flexibility index (Phi) is 7.75. The Morgan fingerprint density at radius 3 is 1.97 bits per heavy atom. The summed E-state index contributed by atoms with van der Waals surface area (Å²) >= 11 is 0. The SMILES string of the molecule is CCN(CC)S(=O)(=O)c1ccc(NC(=O)c2cccc(NS(=O)(=O)c3ccc(C)cc3)c2)cc1. The van der Waals surface area contributed by atoms with Crippen LogP contribution in [-0.2, 0) is 20.0 Å². The van der Waals surface area contributed by atoms with E-state index in [1.165, 1.54) is 46.8 Å². The number of aryl methyl sites for hydroxylation is 1. The van der Waals surface area contributed by atoms with E-state index >= 15 is 0 Å². The topological polar surface area (TPSA) is 113 Å². The van der Waals surface area contributed by atoms with Crippen molar-refractivity contribution in [1.29, 1.82) is 0 Å². The Morgan fingerprint density at radius 1 is 0.794 bits per heavy atom. The van der Waals surface area contributed by atoms with E-state index in [2.05, 4.69) is 10.0 Å². The molecule has 0 fully saturated rings. The van der Waals surface area contributed by atoms with Gasteiger partial charge < -0.3 is 5.32 Å². The highest BCUT2D eigenvalue weighted by Crippen LogP contribution is 2.21. The van der Waals surface area contributed by atoms with Gasteiger partial charge in [-0.1, -0.05) is 37.6 Å². The predicted molar refractivity (Wildman–Crippen MR) is 133 cm³/mol. The molecule has 180 valence electrons. The lowest BCUT2D eigenvalue weighted by Gasteiger charge is -2.18. The molecule has 8 nitrogen and oxygen atoms in total. The van der Waals surface area contributed by atoms with E-state index in [4.69, 9.17) is 0 Å². The van der Waals surface area contributed by atoms with Crippen molar-refractivity contribution in [2.45, 2.75) is 30.6 Å². The number of sulfonamides is 2. The Balaban J connectivity index is 1.74. The molecule has 0 spiro atoms. The average molecular weight is 502 g/mol. The van der Waals surface area contributed by atoms with Crippen molar-refractivity contribution in [1.82, 2.24) is 4.31 Å². The van der Waals surface area contributed by atoms with E-state index < -0.39 is 26.0 Å². The first kappa shape index (κ1) is 25.4. The normalized spacial score (nSPS) is 11.9. The molecule has 3 aromatic rings. The summed E-state index contributed by atoms with van der Waals surface area (Å²) in [7, 11) is -7.40. The maximum Gasteiger partial charge on any atom is 0.261 e. The molecule has 0 saturated heterocycles. The number of nitrogens with one attached hydrogen (secondary N) is 2. The van der Waals surface area contributed by atoms with Crippen LogP contribution in [0.2, 0.25) is 0 Å². The average Bonchev–Trinajstić information content (AvgIpc) is 2.80. The van der Waals surface area contributed by atoms with Crippen LogP contribution in [0.5, 0.6) is 0 Å². The highest BCUT2D eigenvalue weighted by atomic mass is 32.2. The summed E-state index contributed by atoms with van der Waals surface area (Å²) in [6.45, 7) is 6.13. The molecule has 0 aromatic heterocycles. The van der Waals surface area contributed by atoms with E-state index in [1.54, 1.807) is 44.2 Å². The van der Waals surface area contributed by atoms with Crippen LogP contribution in [-0.4, -0.2) is 40.1 Å². The maximum absolute atomic E-state index is 12.7. The second kappa shape index (κ2) is 10.4. The zero-order chi connectivity index (χ0) is 24.9.